The third-order valence-corrected chi connectivity index (χ3v) is 5.51. The molecule has 0 aliphatic carbocycles. The van der Waals surface area contributed by atoms with Crippen molar-refractivity contribution in [2.45, 2.75) is 17.3 Å². The number of thioether (sulfide) groups is 1. The van der Waals surface area contributed by atoms with E-state index in [1.165, 1.54) is 17.7 Å². The van der Waals surface area contributed by atoms with Crippen LogP contribution in [-0.2, 0) is 0 Å². The van der Waals surface area contributed by atoms with E-state index in [0.29, 0.717) is 0 Å². The van der Waals surface area contributed by atoms with Gasteiger partial charge in [0.1, 0.15) is 5.82 Å². The minimum absolute atomic E-state index is 0.226. The van der Waals surface area contributed by atoms with Crippen LogP contribution in [0.1, 0.15) is 17.7 Å². The average Bonchev–Trinajstić information content (AvgIpc) is 3.13. The fourth-order valence-electron chi connectivity index (χ4n) is 2.96. The van der Waals surface area contributed by atoms with Crippen molar-refractivity contribution in [3.8, 4) is 16.9 Å². The monoisotopic (exact) mass is 374 g/mol. The zero-order valence-corrected chi connectivity index (χ0v) is 15.7. The number of benzene rings is 3. The largest absolute Gasteiger partial charge is 0.294 e. The smallest absolute Gasteiger partial charge is 0.173 e. The molecule has 1 atom stereocenters. The normalized spacial score (nSPS) is 12.1. The van der Waals surface area contributed by atoms with Crippen LogP contribution in [0.15, 0.2) is 96.3 Å². The molecule has 4 heteroatoms. The summed E-state index contributed by atoms with van der Waals surface area (Å²) in [7, 11) is 0. The van der Waals surface area contributed by atoms with Crippen molar-refractivity contribution in [3.63, 3.8) is 0 Å². The topological polar surface area (TPSA) is 17.8 Å². The third kappa shape index (κ3) is 3.96. The summed E-state index contributed by atoms with van der Waals surface area (Å²) in [5, 5.41) is 1.07. The predicted molar refractivity (Wildman–Crippen MR) is 110 cm³/mol. The first-order chi connectivity index (χ1) is 13.2. The standard InChI is InChI=1S/C23H19FN2S/c1-17(18-9-4-2-5-10-18)27-23-25-22(19-11-6-3-7-12-19)16-26(23)21-14-8-13-20(24)15-21/h2-17H,1H3. The lowest BCUT2D eigenvalue weighted by molar-refractivity contribution is 0.626. The van der Waals surface area contributed by atoms with Crippen molar-refractivity contribution in [2.75, 3.05) is 0 Å². The highest BCUT2D eigenvalue weighted by atomic mass is 32.2. The molecule has 1 unspecified atom stereocenters. The Hall–Kier alpha value is -2.85. The van der Waals surface area contributed by atoms with E-state index in [2.05, 4.69) is 19.1 Å². The van der Waals surface area contributed by atoms with Crippen molar-refractivity contribution < 1.29 is 4.39 Å². The van der Waals surface area contributed by atoms with Crippen LogP contribution >= 0.6 is 11.8 Å². The van der Waals surface area contributed by atoms with E-state index in [1.54, 1.807) is 17.8 Å². The van der Waals surface area contributed by atoms with E-state index >= 15 is 0 Å². The fourth-order valence-corrected chi connectivity index (χ4v) is 3.99. The third-order valence-electron chi connectivity index (χ3n) is 4.38. The van der Waals surface area contributed by atoms with Crippen LogP contribution < -0.4 is 0 Å². The first-order valence-electron chi connectivity index (χ1n) is 8.83. The van der Waals surface area contributed by atoms with Crippen molar-refractivity contribution >= 4 is 11.8 Å². The lowest BCUT2D eigenvalue weighted by Crippen LogP contribution is -1.97. The Morgan fingerprint density at radius 2 is 1.59 bits per heavy atom. The Morgan fingerprint density at radius 1 is 0.889 bits per heavy atom. The molecule has 0 fully saturated rings. The molecule has 27 heavy (non-hydrogen) atoms. The first kappa shape index (κ1) is 17.6. The van der Waals surface area contributed by atoms with Crippen molar-refractivity contribution in [1.29, 1.82) is 0 Å². The Morgan fingerprint density at radius 3 is 2.30 bits per heavy atom. The number of rotatable bonds is 5. The molecule has 0 aliphatic heterocycles. The number of hydrogen-bond donors (Lipinski definition) is 0. The highest BCUT2D eigenvalue weighted by Crippen LogP contribution is 2.36. The second-order valence-electron chi connectivity index (χ2n) is 6.30. The molecular weight excluding hydrogens is 355 g/mol. The molecule has 0 radical (unpaired) electrons. The van der Waals surface area contributed by atoms with Gasteiger partial charge in [0.25, 0.3) is 0 Å². The van der Waals surface area contributed by atoms with Gasteiger partial charge in [-0.05, 0) is 30.7 Å². The SMILES string of the molecule is CC(Sc1nc(-c2ccccc2)cn1-c1cccc(F)c1)c1ccccc1. The molecule has 0 saturated carbocycles. The predicted octanol–water partition coefficient (Wildman–Crippen LogP) is 6.53. The molecule has 134 valence electrons. The Bertz CT molecular complexity index is 1030. The molecule has 1 aromatic heterocycles. The van der Waals surface area contributed by atoms with Gasteiger partial charge in [-0.1, -0.05) is 78.5 Å². The van der Waals surface area contributed by atoms with Gasteiger partial charge in [-0.2, -0.15) is 0 Å². The summed E-state index contributed by atoms with van der Waals surface area (Å²) >= 11 is 1.67. The molecule has 4 aromatic rings. The molecular formula is C23H19FN2S. The number of aromatic nitrogens is 2. The van der Waals surface area contributed by atoms with Gasteiger partial charge in [-0.15, -0.1) is 0 Å². The summed E-state index contributed by atoms with van der Waals surface area (Å²) < 4.78 is 15.8. The summed E-state index contributed by atoms with van der Waals surface area (Å²) in [6.07, 6.45) is 1.98. The number of halogens is 1. The van der Waals surface area contributed by atoms with Gasteiger partial charge < -0.3 is 0 Å². The molecule has 0 amide bonds. The fraction of sp³-hybridized carbons (Fsp3) is 0.0870. The van der Waals surface area contributed by atoms with E-state index in [9.17, 15) is 4.39 Å². The van der Waals surface area contributed by atoms with E-state index in [4.69, 9.17) is 4.98 Å². The quantitative estimate of drug-likeness (QED) is 0.370. The van der Waals surface area contributed by atoms with Crippen LogP contribution in [0.5, 0.6) is 0 Å². The summed E-state index contributed by atoms with van der Waals surface area (Å²) in [6.45, 7) is 2.16. The van der Waals surface area contributed by atoms with Crippen molar-refractivity contribution in [1.82, 2.24) is 9.55 Å². The van der Waals surface area contributed by atoms with Crippen LogP contribution in [0.2, 0.25) is 0 Å². The Labute approximate surface area is 162 Å². The lowest BCUT2D eigenvalue weighted by atomic mass is 10.2. The number of imidazole rings is 1. The maximum absolute atomic E-state index is 13.8. The molecule has 0 N–H and O–H groups in total. The van der Waals surface area contributed by atoms with Crippen LogP contribution in [-0.4, -0.2) is 9.55 Å². The maximum Gasteiger partial charge on any atom is 0.173 e. The summed E-state index contributed by atoms with van der Waals surface area (Å²) in [4.78, 5) is 4.86. The van der Waals surface area contributed by atoms with Gasteiger partial charge in [-0.3, -0.25) is 4.57 Å². The first-order valence-corrected chi connectivity index (χ1v) is 9.71. The Balaban J connectivity index is 1.75. The molecule has 0 spiro atoms. The van der Waals surface area contributed by atoms with E-state index in [1.807, 2.05) is 65.4 Å². The average molecular weight is 374 g/mol. The molecule has 1 heterocycles. The molecule has 0 aliphatic rings. The Kier molecular flexibility index (Phi) is 5.07. The number of hydrogen-bond acceptors (Lipinski definition) is 2. The van der Waals surface area contributed by atoms with Crippen LogP contribution in [0.25, 0.3) is 16.9 Å². The van der Waals surface area contributed by atoms with Gasteiger partial charge >= 0.3 is 0 Å². The highest BCUT2D eigenvalue weighted by Gasteiger charge is 2.16. The van der Waals surface area contributed by atoms with Gasteiger partial charge in [0.2, 0.25) is 0 Å². The van der Waals surface area contributed by atoms with Gasteiger partial charge in [0.05, 0.1) is 11.4 Å². The zero-order chi connectivity index (χ0) is 18.6. The second-order valence-corrected chi connectivity index (χ2v) is 7.60. The van der Waals surface area contributed by atoms with Crippen LogP contribution in [0.4, 0.5) is 4.39 Å². The molecule has 4 rings (SSSR count). The lowest BCUT2D eigenvalue weighted by Gasteiger charge is -2.13. The van der Waals surface area contributed by atoms with E-state index in [0.717, 1.165) is 22.1 Å². The summed E-state index contributed by atoms with van der Waals surface area (Å²) in [6, 6.07) is 27.0. The van der Waals surface area contributed by atoms with Crippen molar-refractivity contribution in [2.24, 2.45) is 0 Å². The second kappa shape index (κ2) is 7.80. The zero-order valence-electron chi connectivity index (χ0n) is 14.9. The molecule has 2 nitrogen and oxygen atoms in total. The van der Waals surface area contributed by atoms with E-state index in [-0.39, 0.29) is 11.1 Å². The van der Waals surface area contributed by atoms with Crippen LogP contribution in [0, 0.1) is 5.82 Å². The number of nitrogens with zero attached hydrogens (tertiary/aromatic N) is 2. The summed E-state index contributed by atoms with van der Waals surface area (Å²) in [5.41, 5.74) is 3.93. The molecule has 0 saturated heterocycles. The van der Waals surface area contributed by atoms with E-state index < -0.39 is 0 Å². The van der Waals surface area contributed by atoms with Gasteiger partial charge in [-0.25, -0.2) is 9.37 Å². The molecule has 3 aromatic carbocycles. The highest BCUT2D eigenvalue weighted by molar-refractivity contribution is 7.99. The molecule has 0 bridgehead atoms. The minimum atomic E-state index is -0.255. The summed E-state index contributed by atoms with van der Waals surface area (Å²) in [5.74, 6) is -0.255. The van der Waals surface area contributed by atoms with Crippen molar-refractivity contribution in [3.05, 3.63) is 103 Å². The maximum atomic E-state index is 13.8. The van der Waals surface area contributed by atoms with Crippen LogP contribution in [0.3, 0.4) is 0 Å². The minimum Gasteiger partial charge on any atom is -0.294 e. The van der Waals surface area contributed by atoms with Gasteiger partial charge in [0, 0.05) is 17.0 Å². The van der Waals surface area contributed by atoms with Gasteiger partial charge in [0.15, 0.2) is 5.16 Å².